The fraction of sp³-hybridized carbons (Fsp3) is 0.571. The fourth-order valence-corrected chi connectivity index (χ4v) is 0.144. The summed E-state index contributed by atoms with van der Waals surface area (Å²) in [6.07, 6.45) is 0. The highest BCUT2D eigenvalue weighted by atomic mass is 16.1. The van der Waals surface area contributed by atoms with Crippen LogP contribution in [0, 0.1) is 0 Å². The minimum atomic E-state index is -0.435. The minimum absolute atomic E-state index is 0.398. The average molecular weight is 159 g/mol. The van der Waals surface area contributed by atoms with E-state index in [1.54, 1.807) is 6.92 Å². The SMILES string of the molecule is C=C(C)C(N)=O.CNCCN. The van der Waals surface area contributed by atoms with E-state index < -0.39 is 5.91 Å². The van der Waals surface area contributed by atoms with E-state index >= 15 is 0 Å². The quantitative estimate of drug-likeness (QED) is 0.472. The standard InChI is InChI=1S/C4H7NO.C3H10N2/c1-3(2)4(5)6;1-5-3-2-4/h1H2,2H3,(H2,5,6);5H,2-4H2,1H3. The topological polar surface area (TPSA) is 81.1 Å². The highest BCUT2D eigenvalue weighted by Crippen LogP contribution is 1.78. The largest absolute Gasteiger partial charge is 0.366 e. The molecule has 0 fully saturated rings. The Hall–Kier alpha value is -0.870. The van der Waals surface area contributed by atoms with Crippen LogP contribution in [-0.2, 0) is 4.79 Å². The third kappa shape index (κ3) is 17.6. The van der Waals surface area contributed by atoms with Crippen LogP contribution in [0.3, 0.4) is 0 Å². The van der Waals surface area contributed by atoms with Gasteiger partial charge in [-0.15, -0.1) is 0 Å². The van der Waals surface area contributed by atoms with Crippen LogP contribution in [0.15, 0.2) is 12.2 Å². The monoisotopic (exact) mass is 159 g/mol. The molecule has 0 aliphatic carbocycles. The predicted octanol–water partition coefficient (Wildman–Crippen LogP) is -0.788. The van der Waals surface area contributed by atoms with Crippen molar-refractivity contribution < 1.29 is 4.79 Å². The molecule has 0 aromatic carbocycles. The smallest absolute Gasteiger partial charge is 0.243 e. The van der Waals surface area contributed by atoms with Crippen LogP contribution in [0.25, 0.3) is 0 Å². The van der Waals surface area contributed by atoms with E-state index in [4.69, 9.17) is 11.5 Å². The maximum absolute atomic E-state index is 9.82. The van der Waals surface area contributed by atoms with Gasteiger partial charge in [-0.1, -0.05) is 6.58 Å². The van der Waals surface area contributed by atoms with Gasteiger partial charge >= 0.3 is 0 Å². The number of carbonyl (C=O) groups excluding carboxylic acids is 1. The zero-order valence-corrected chi connectivity index (χ0v) is 7.18. The molecule has 0 saturated carbocycles. The number of carbonyl (C=O) groups is 1. The highest BCUT2D eigenvalue weighted by Gasteiger charge is 1.86. The molecule has 0 unspecified atom stereocenters. The summed E-state index contributed by atoms with van der Waals surface area (Å²) in [5.74, 6) is -0.435. The lowest BCUT2D eigenvalue weighted by molar-refractivity contribution is -0.114. The number of amides is 1. The van der Waals surface area contributed by atoms with Crippen molar-refractivity contribution in [3.05, 3.63) is 12.2 Å². The van der Waals surface area contributed by atoms with Crippen LogP contribution in [0.4, 0.5) is 0 Å². The van der Waals surface area contributed by atoms with Gasteiger partial charge < -0.3 is 16.8 Å². The van der Waals surface area contributed by atoms with Gasteiger partial charge in [0.05, 0.1) is 0 Å². The number of likely N-dealkylation sites (N-methyl/N-ethyl adjacent to an activating group) is 1. The van der Waals surface area contributed by atoms with Crippen LogP contribution in [-0.4, -0.2) is 26.0 Å². The Morgan fingerprint density at radius 3 is 2.00 bits per heavy atom. The number of hydrogen-bond acceptors (Lipinski definition) is 3. The van der Waals surface area contributed by atoms with Crippen LogP contribution in [0.1, 0.15) is 6.92 Å². The lowest BCUT2D eigenvalue weighted by atomic mass is 10.3. The fourth-order valence-electron chi connectivity index (χ4n) is 0.144. The van der Waals surface area contributed by atoms with Crippen molar-refractivity contribution in [2.45, 2.75) is 6.92 Å². The Kier molecular flexibility index (Phi) is 10.6. The number of nitrogens with one attached hydrogen (secondary N) is 1. The molecule has 0 saturated heterocycles. The molecular formula is C7H17N3O. The van der Waals surface area contributed by atoms with Gasteiger partial charge in [0.15, 0.2) is 0 Å². The Morgan fingerprint density at radius 1 is 1.64 bits per heavy atom. The lowest BCUT2D eigenvalue weighted by Crippen LogP contribution is -2.17. The van der Waals surface area contributed by atoms with Gasteiger partial charge in [-0.25, -0.2) is 0 Å². The Bertz CT molecular complexity index is 109. The van der Waals surface area contributed by atoms with E-state index in [-0.39, 0.29) is 0 Å². The summed E-state index contributed by atoms with van der Waals surface area (Å²) < 4.78 is 0. The van der Waals surface area contributed by atoms with Crippen molar-refractivity contribution in [2.75, 3.05) is 20.1 Å². The van der Waals surface area contributed by atoms with Crippen molar-refractivity contribution in [1.82, 2.24) is 5.32 Å². The highest BCUT2D eigenvalue weighted by molar-refractivity contribution is 5.90. The van der Waals surface area contributed by atoms with E-state index in [0.717, 1.165) is 13.1 Å². The van der Waals surface area contributed by atoms with E-state index in [2.05, 4.69) is 11.9 Å². The van der Waals surface area contributed by atoms with Gasteiger partial charge in [0.2, 0.25) is 5.91 Å². The van der Waals surface area contributed by atoms with Gasteiger partial charge in [-0.2, -0.15) is 0 Å². The number of primary amides is 1. The number of hydrogen-bond donors (Lipinski definition) is 3. The maximum atomic E-state index is 9.82. The zero-order chi connectivity index (χ0) is 9.28. The minimum Gasteiger partial charge on any atom is -0.366 e. The van der Waals surface area contributed by atoms with E-state index in [0.29, 0.717) is 5.57 Å². The van der Waals surface area contributed by atoms with Crippen LogP contribution in [0.5, 0.6) is 0 Å². The Labute approximate surface area is 67.6 Å². The molecule has 4 nitrogen and oxygen atoms in total. The summed E-state index contributed by atoms with van der Waals surface area (Å²) in [6, 6.07) is 0. The molecule has 0 aromatic rings. The second kappa shape index (κ2) is 9.13. The molecule has 11 heavy (non-hydrogen) atoms. The Balaban J connectivity index is 0. The summed E-state index contributed by atoms with van der Waals surface area (Å²) in [5.41, 5.74) is 10.2. The van der Waals surface area contributed by atoms with Crippen molar-refractivity contribution in [2.24, 2.45) is 11.5 Å². The lowest BCUT2D eigenvalue weighted by Gasteiger charge is -1.85. The molecule has 0 heterocycles. The second-order valence-corrected chi connectivity index (χ2v) is 2.04. The number of nitrogens with two attached hydrogens (primary N) is 2. The summed E-state index contributed by atoms with van der Waals surface area (Å²) in [7, 11) is 1.88. The third-order valence-electron chi connectivity index (χ3n) is 0.815. The summed E-state index contributed by atoms with van der Waals surface area (Å²) >= 11 is 0. The third-order valence-corrected chi connectivity index (χ3v) is 0.815. The van der Waals surface area contributed by atoms with Gasteiger partial charge in [-0.05, 0) is 14.0 Å². The summed E-state index contributed by atoms with van der Waals surface area (Å²) in [4.78, 5) is 9.82. The molecule has 0 atom stereocenters. The van der Waals surface area contributed by atoms with E-state index in [9.17, 15) is 4.79 Å². The molecular weight excluding hydrogens is 142 g/mol. The summed E-state index contributed by atoms with van der Waals surface area (Å²) in [5, 5.41) is 2.89. The molecule has 4 heteroatoms. The maximum Gasteiger partial charge on any atom is 0.243 e. The predicted molar refractivity (Wildman–Crippen MR) is 47.0 cm³/mol. The van der Waals surface area contributed by atoms with Gasteiger partial charge in [0.25, 0.3) is 0 Å². The van der Waals surface area contributed by atoms with E-state index in [1.165, 1.54) is 0 Å². The molecule has 5 N–H and O–H groups in total. The average Bonchev–Trinajstić information content (AvgIpc) is 1.90. The molecule has 66 valence electrons. The van der Waals surface area contributed by atoms with Gasteiger partial charge in [0.1, 0.15) is 0 Å². The van der Waals surface area contributed by atoms with E-state index in [1.807, 2.05) is 7.05 Å². The van der Waals surface area contributed by atoms with Crippen LogP contribution in [0.2, 0.25) is 0 Å². The summed E-state index contributed by atoms with van der Waals surface area (Å²) in [6.45, 7) is 6.50. The van der Waals surface area contributed by atoms with Crippen molar-refractivity contribution in [3.63, 3.8) is 0 Å². The first kappa shape index (κ1) is 12.8. The first-order chi connectivity index (χ1) is 5.06. The Morgan fingerprint density at radius 2 is 2.00 bits per heavy atom. The van der Waals surface area contributed by atoms with Crippen LogP contribution >= 0.6 is 0 Å². The molecule has 0 bridgehead atoms. The molecule has 0 aliphatic rings. The number of rotatable bonds is 3. The molecule has 0 aromatic heterocycles. The second-order valence-electron chi connectivity index (χ2n) is 2.04. The molecule has 0 aliphatic heterocycles. The first-order valence-electron chi connectivity index (χ1n) is 3.36. The van der Waals surface area contributed by atoms with Crippen molar-refractivity contribution in [1.29, 1.82) is 0 Å². The molecule has 0 radical (unpaired) electrons. The van der Waals surface area contributed by atoms with Crippen LogP contribution < -0.4 is 16.8 Å². The van der Waals surface area contributed by atoms with Crippen molar-refractivity contribution in [3.8, 4) is 0 Å². The molecule has 0 spiro atoms. The first-order valence-corrected chi connectivity index (χ1v) is 3.36. The zero-order valence-electron chi connectivity index (χ0n) is 7.18. The van der Waals surface area contributed by atoms with Gasteiger partial charge in [0, 0.05) is 18.7 Å². The molecule has 1 amide bonds. The van der Waals surface area contributed by atoms with Crippen molar-refractivity contribution >= 4 is 5.91 Å². The molecule has 0 rings (SSSR count). The van der Waals surface area contributed by atoms with Gasteiger partial charge in [-0.3, -0.25) is 4.79 Å². The normalized spacial score (nSPS) is 7.91.